The van der Waals surface area contributed by atoms with Crippen molar-refractivity contribution < 1.29 is 0 Å². The quantitative estimate of drug-likeness (QED) is 0.435. The predicted octanol–water partition coefficient (Wildman–Crippen LogP) is 5.23. The van der Waals surface area contributed by atoms with E-state index in [1.54, 1.807) is 0 Å². The van der Waals surface area contributed by atoms with Crippen molar-refractivity contribution in [2.24, 2.45) is 0 Å². The number of pyridine rings is 1. The highest BCUT2D eigenvalue weighted by molar-refractivity contribution is 6.01. The SMILES string of the molecule is c1cc(-c2ccncc2)c2cc(-c3n[nH]c4ccc(-c5cncnc5)cc34)[nH]c2c1. The van der Waals surface area contributed by atoms with Crippen LogP contribution >= 0.6 is 0 Å². The molecule has 6 heteroatoms. The minimum Gasteiger partial charge on any atom is -0.353 e. The fourth-order valence-electron chi connectivity index (χ4n) is 3.91. The van der Waals surface area contributed by atoms with E-state index in [-0.39, 0.29) is 0 Å². The standard InChI is InChI=1S/C24H16N6/c1-2-18(15-6-8-25-9-7-15)19-11-23(28-21(19)3-1)24-20-10-16(4-5-22(20)29-30-24)17-12-26-14-27-13-17/h1-14,28H,(H,29,30). The van der Waals surface area contributed by atoms with Crippen LogP contribution in [0.25, 0.3) is 55.4 Å². The average Bonchev–Trinajstić information content (AvgIpc) is 3.43. The normalized spacial score (nSPS) is 11.3. The largest absolute Gasteiger partial charge is 0.353 e. The number of aromatic amines is 2. The maximum atomic E-state index is 4.60. The molecule has 2 aromatic carbocycles. The molecule has 0 aliphatic carbocycles. The smallest absolute Gasteiger partial charge is 0.116 e. The molecule has 0 atom stereocenters. The zero-order chi connectivity index (χ0) is 19.9. The van der Waals surface area contributed by atoms with Crippen LogP contribution in [-0.2, 0) is 0 Å². The summed E-state index contributed by atoms with van der Waals surface area (Å²) in [6.45, 7) is 0. The van der Waals surface area contributed by atoms with Gasteiger partial charge in [0.25, 0.3) is 0 Å². The van der Waals surface area contributed by atoms with Crippen molar-refractivity contribution in [2.45, 2.75) is 0 Å². The summed E-state index contributed by atoms with van der Waals surface area (Å²) in [6.07, 6.45) is 8.81. The summed E-state index contributed by atoms with van der Waals surface area (Å²) in [5, 5.41) is 9.95. The Labute approximate surface area is 171 Å². The zero-order valence-corrected chi connectivity index (χ0v) is 15.9. The lowest BCUT2D eigenvalue weighted by Gasteiger charge is -2.02. The Balaban J connectivity index is 1.52. The van der Waals surface area contributed by atoms with Gasteiger partial charge in [0.15, 0.2) is 0 Å². The van der Waals surface area contributed by atoms with Gasteiger partial charge in [0, 0.05) is 46.6 Å². The molecule has 4 aromatic heterocycles. The van der Waals surface area contributed by atoms with Crippen LogP contribution in [0, 0.1) is 0 Å². The lowest BCUT2D eigenvalue weighted by molar-refractivity contribution is 1.12. The van der Waals surface area contributed by atoms with Gasteiger partial charge < -0.3 is 4.98 Å². The molecule has 6 nitrogen and oxygen atoms in total. The van der Waals surface area contributed by atoms with Crippen LogP contribution in [0.4, 0.5) is 0 Å². The Morgan fingerprint density at radius 3 is 2.40 bits per heavy atom. The van der Waals surface area contributed by atoms with E-state index >= 15 is 0 Å². The molecule has 0 radical (unpaired) electrons. The molecule has 0 fully saturated rings. The van der Waals surface area contributed by atoms with Crippen molar-refractivity contribution >= 4 is 21.8 Å². The highest BCUT2D eigenvalue weighted by Crippen LogP contribution is 2.34. The van der Waals surface area contributed by atoms with E-state index in [1.165, 1.54) is 11.9 Å². The molecule has 0 unspecified atom stereocenters. The van der Waals surface area contributed by atoms with Crippen LogP contribution in [0.1, 0.15) is 0 Å². The fourth-order valence-corrected chi connectivity index (χ4v) is 3.91. The van der Waals surface area contributed by atoms with Crippen molar-refractivity contribution in [3.05, 3.63) is 85.7 Å². The molecule has 30 heavy (non-hydrogen) atoms. The van der Waals surface area contributed by atoms with Gasteiger partial charge in [-0.2, -0.15) is 5.10 Å². The van der Waals surface area contributed by atoms with Crippen LogP contribution in [0.5, 0.6) is 0 Å². The molecular weight excluding hydrogens is 372 g/mol. The van der Waals surface area contributed by atoms with Crippen LogP contribution < -0.4 is 0 Å². The minimum absolute atomic E-state index is 0.889. The molecule has 2 N–H and O–H groups in total. The molecule has 6 aromatic rings. The van der Waals surface area contributed by atoms with Gasteiger partial charge in [-0.05, 0) is 53.1 Å². The second-order valence-electron chi connectivity index (χ2n) is 7.15. The summed E-state index contributed by atoms with van der Waals surface area (Å²) in [6, 6.07) is 18.7. The minimum atomic E-state index is 0.889. The van der Waals surface area contributed by atoms with Crippen molar-refractivity contribution in [3.8, 4) is 33.6 Å². The van der Waals surface area contributed by atoms with E-state index < -0.39 is 0 Å². The molecule has 0 saturated carbocycles. The lowest BCUT2D eigenvalue weighted by atomic mass is 10.0. The van der Waals surface area contributed by atoms with Crippen molar-refractivity contribution in [3.63, 3.8) is 0 Å². The first-order valence-electron chi connectivity index (χ1n) is 9.63. The van der Waals surface area contributed by atoms with Gasteiger partial charge in [0.05, 0.1) is 11.2 Å². The summed E-state index contributed by atoms with van der Waals surface area (Å²) < 4.78 is 0. The number of benzene rings is 2. The zero-order valence-electron chi connectivity index (χ0n) is 15.9. The molecule has 4 heterocycles. The molecule has 0 aliphatic heterocycles. The van der Waals surface area contributed by atoms with E-state index in [2.05, 4.69) is 66.5 Å². The van der Waals surface area contributed by atoms with Gasteiger partial charge in [-0.25, -0.2) is 9.97 Å². The number of H-pyrrole nitrogens is 2. The Morgan fingerprint density at radius 2 is 1.53 bits per heavy atom. The Kier molecular flexibility index (Phi) is 3.67. The monoisotopic (exact) mass is 388 g/mol. The fraction of sp³-hybridized carbons (Fsp3) is 0. The molecule has 0 aliphatic rings. The Hall–Kier alpha value is -4.32. The number of hydrogen-bond acceptors (Lipinski definition) is 4. The van der Waals surface area contributed by atoms with Crippen LogP contribution in [0.2, 0.25) is 0 Å². The van der Waals surface area contributed by atoms with E-state index in [1.807, 2.05) is 43.0 Å². The van der Waals surface area contributed by atoms with Gasteiger partial charge in [-0.15, -0.1) is 0 Å². The summed E-state index contributed by atoms with van der Waals surface area (Å²) in [5.41, 5.74) is 8.25. The molecule has 0 amide bonds. The van der Waals surface area contributed by atoms with Crippen LogP contribution in [-0.4, -0.2) is 30.1 Å². The van der Waals surface area contributed by atoms with Gasteiger partial charge in [-0.3, -0.25) is 10.1 Å². The molecule has 0 spiro atoms. The number of hydrogen-bond donors (Lipinski definition) is 2. The third kappa shape index (κ3) is 2.66. The van der Waals surface area contributed by atoms with Crippen molar-refractivity contribution in [1.82, 2.24) is 30.1 Å². The van der Waals surface area contributed by atoms with E-state index in [0.717, 1.165) is 49.9 Å². The first-order chi connectivity index (χ1) is 14.9. The first kappa shape index (κ1) is 16.6. The van der Waals surface area contributed by atoms with Gasteiger partial charge in [0.2, 0.25) is 0 Å². The molecule has 142 valence electrons. The number of fused-ring (bicyclic) bond motifs is 2. The van der Waals surface area contributed by atoms with Crippen LogP contribution in [0.15, 0.2) is 85.7 Å². The highest BCUT2D eigenvalue weighted by atomic mass is 15.1. The maximum Gasteiger partial charge on any atom is 0.116 e. The van der Waals surface area contributed by atoms with Gasteiger partial charge in [0.1, 0.15) is 12.0 Å². The molecule has 0 bridgehead atoms. The van der Waals surface area contributed by atoms with Crippen molar-refractivity contribution in [2.75, 3.05) is 0 Å². The number of aromatic nitrogens is 6. The Bertz CT molecular complexity index is 1480. The van der Waals surface area contributed by atoms with Gasteiger partial charge >= 0.3 is 0 Å². The second kappa shape index (κ2) is 6.63. The number of nitrogens with one attached hydrogen (secondary N) is 2. The van der Waals surface area contributed by atoms with Crippen LogP contribution in [0.3, 0.4) is 0 Å². The average molecular weight is 388 g/mol. The molecule has 0 saturated heterocycles. The maximum absolute atomic E-state index is 4.60. The first-order valence-corrected chi connectivity index (χ1v) is 9.63. The van der Waals surface area contributed by atoms with E-state index in [0.29, 0.717) is 0 Å². The molecule has 6 rings (SSSR count). The topological polar surface area (TPSA) is 83.1 Å². The summed E-state index contributed by atoms with van der Waals surface area (Å²) >= 11 is 0. The summed E-state index contributed by atoms with van der Waals surface area (Å²) in [5.74, 6) is 0. The lowest BCUT2D eigenvalue weighted by Crippen LogP contribution is -1.83. The number of nitrogens with zero attached hydrogens (tertiary/aromatic N) is 4. The van der Waals surface area contributed by atoms with E-state index in [4.69, 9.17) is 0 Å². The summed E-state index contributed by atoms with van der Waals surface area (Å²) in [4.78, 5) is 15.9. The van der Waals surface area contributed by atoms with Gasteiger partial charge in [-0.1, -0.05) is 18.2 Å². The third-order valence-corrected chi connectivity index (χ3v) is 5.37. The number of rotatable bonds is 3. The second-order valence-corrected chi connectivity index (χ2v) is 7.15. The van der Waals surface area contributed by atoms with Crippen molar-refractivity contribution in [1.29, 1.82) is 0 Å². The Morgan fingerprint density at radius 1 is 0.667 bits per heavy atom. The summed E-state index contributed by atoms with van der Waals surface area (Å²) in [7, 11) is 0. The third-order valence-electron chi connectivity index (χ3n) is 5.37. The predicted molar refractivity (Wildman–Crippen MR) is 118 cm³/mol. The molecular formula is C24H16N6. The van der Waals surface area contributed by atoms with E-state index in [9.17, 15) is 0 Å². The highest BCUT2D eigenvalue weighted by Gasteiger charge is 2.14.